The highest BCUT2D eigenvalue weighted by atomic mass is 79.9. The van der Waals surface area contributed by atoms with Crippen LogP contribution in [0.2, 0.25) is 0 Å². The normalized spacial score (nSPS) is 11.1. The molecule has 19 heavy (non-hydrogen) atoms. The highest BCUT2D eigenvalue weighted by Crippen LogP contribution is 2.31. The minimum atomic E-state index is -1.32. The summed E-state index contributed by atoms with van der Waals surface area (Å²) < 4.78 is 33.2. The molecule has 0 fully saturated rings. The van der Waals surface area contributed by atoms with Crippen LogP contribution in [0.25, 0.3) is 22.6 Å². The van der Waals surface area contributed by atoms with Gasteiger partial charge in [-0.3, -0.25) is 0 Å². The minimum absolute atomic E-state index is 0.0375. The summed E-state index contributed by atoms with van der Waals surface area (Å²) in [5.41, 5.74) is 0.853. The van der Waals surface area contributed by atoms with Crippen molar-refractivity contribution in [1.29, 1.82) is 0 Å². The van der Waals surface area contributed by atoms with Crippen molar-refractivity contribution in [2.45, 2.75) is 0 Å². The second-order valence-corrected chi connectivity index (χ2v) is 4.81. The van der Waals surface area contributed by atoms with Gasteiger partial charge in [0.05, 0.1) is 5.56 Å². The Morgan fingerprint density at radius 3 is 2.68 bits per heavy atom. The van der Waals surface area contributed by atoms with E-state index < -0.39 is 17.4 Å². The van der Waals surface area contributed by atoms with Gasteiger partial charge in [0.25, 0.3) is 0 Å². The Morgan fingerprint density at radius 2 is 1.89 bits per heavy atom. The zero-order valence-corrected chi connectivity index (χ0v) is 10.9. The Balaban J connectivity index is 2.22. The molecule has 0 bridgehead atoms. The summed E-state index contributed by atoms with van der Waals surface area (Å²) in [7, 11) is 0. The maximum atomic E-state index is 13.7. The van der Waals surface area contributed by atoms with Gasteiger partial charge in [-0.25, -0.2) is 9.37 Å². The predicted octanol–water partition coefficient (Wildman–Crippen LogP) is 4.24. The first-order valence-corrected chi connectivity index (χ1v) is 6.09. The zero-order valence-electron chi connectivity index (χ0n) is 9.32. The molecule has 0 aliphatic carbocycles. The molecule has 0 aliphatic heterocycles. The fourth-order valence-corrected chi connectivity index (χ4v) is 2.06. The van der Waals surface area contributed by atoms with E-state index in [0.29, 0.717) is 11.1 Å². The van der Waals surface area contributed by atoms with Crippen LogP contribution in [-0.4, -0.2) is 10.1 Å². The fraction of sp³-hybridized carbons (Fsp3) is 0. The molecule has 0 amide bonds. The molecule has 0 saturated carbocycles. The molecular weight excluding hydrogens is 320 g/mol. The number of phenols is 1. The number of oxazole rings is 1. The smallest absolute Gasteiger partial charge is 0.230 e. The number of hydrogen-bond donors (Lipinski definition) is 1. The van der Waals surface area contributed by atoms with Crippen molar-refractivity contribution >= 4 is 27.0 Å². The third-order valence-corrected chi connectivity index (χ3v) is 3.14. The maximum absolute atomic E-state index is 13.7. The van der Waals surface area contributed by atoms with Gasteiger partial charge < -0.3 is 9.52 Å². The lowest BCUT2D eigenvalue weighted by Crippen LogP contribution is -1.90. The first kappa shape index (κ1) is 12.1. The van der Waals surface area contributed by atoms with Crippen molar-refractivity contribution in [2.24, 2.45) is 0 Å². The molecule has 2 aromatic carbocycles. The van der Waals surface area contributed by atoms with E-state index in [0.717, 1.165) is 10.5 Å². The van der Waals surface area contributed by atoms with Gasteiger partial charge in [-0.1, -0.05) is 15.9 Å². The lowest BCUT2D eigenvalue weighted by atomic mass is 10.2. The zero-order chi connectivity index (χ0) is 13.6. The number of rotatable bonds is 1. The molecule has 6 heteroatoms. The molecule has 3 nitrogen and oxygen atoms in total. The predicted molar refractivity (Wildman–Crippen MR) is 68.7 cm³/mol. The molecule has 96 valence electrons. The van der Waals surface area contributed by atoms with E-state index in [4.69, 9.17) is 9.52 Å². The standard InChI is InChI=1S/C13H6BrF2NO2/c14-6-1-3-8-10(5-6)19-13(17-8)7-2-4-9(18)12(16)11(7)15/h1-5,18H. The first-order chi connectivity index (χ1) is 9.06. The summed E-state index contributed by atoms with van der Waals surface area (Å²) in [6, 6.07) is 7.41. The van der Waals surface area contributed by atoms with Gasteiger partial charge in [0, 0.05) is 4.47 Å². The van der Waals surface area contributed by atoms with Gasteiger partial charge in [0.15, 0.2) is 17.1 Å². The SMILES string of the molecule is Oc1ccc(-c2nc3ccc(Br)cc3o2)c(F)c1F. The van der Waals surface area contributed by atoms with Crippen LogP contribution in [0.4, 0.5) is 8.78 Å². The Bertz CT molecular complexity index is 786. The molecule has 1 heterocycles. The van der Waals surface area contributed by atoms with Crippen molar-refractivity contribution < 1.29 is 18.3 Å². The molecule has 0 spiro atoms. The Kier molecular flexibility index (Phi) is 2.74. The van der Waals surface area contributed by atoms with Gasteiger partial charge in [0.1, 0.15) is 5.52 Å². The molecule has 1 aromatic heterocycles. The van der Waals surface area contributed by atoms with Gasteiger partial charge in [0.2, 0.25) is 11.7 Å². The molecule has 3 aromatic rings. The molecule has 0 atom stereocenters. The maximum Gasteiger partial charge on any atom is 0.230 e. The van der Waals surface area contributed by atoms with Crippen molar-refractivity contribution in [1.82, 2.24) is 4.98 Å². The van der Waals surface area contributed by atoms with Crippen LogP contribution in [0.15, 0.2) is 39.2 Å². The number of phenolic OH excluding ortho intramolecular Hbond substituents is 1. The average molecular weight is 326 g/mol. The number of halogens is 3. The summed E-state index contributed by atoms with van der Waals surface area (Å²) in [4.78, 5) is 4.08. The van der Waals surface area contributed by atoms with Gasteiger partial charge >= 0.3 is 0 Å². The van der Waals surface area contributed by atoms with Crippen LogP contribution >= 0.6 is 15.9 Å². The number of hydrogen-bond acceptors (Lipinski definition) is 3. The topological polar surface area (TPSA) is 46.3 Å². The molecule has 1 N–H and O–H groups in total. The van der Waals surface area contributed by atoms with Crippen LogP contribution in [0.3, 0.4) is 0 Å². The van der Waals surface area contributed by atoms with Crippen LogP contribution in [0.1, 0.15) is 0 Å². The average Bonchev–Trinajstić information content (AvgIpc) is 2.78. The van der Waals surface area contributed by atoms with Crippen LogP contribution in [-0.2, 0) is 0 Å². The monoisotopic (exact) mass is 325 g/mol. The Labute approximate surface area is 114 Å². The quantitative estimate of drug-likeness (QED) is 0.727. The number of fused-ring (bicyclic) bond motifs is 1. The highest BCUT2D eigenvalue weighted by molar-refractivity contribution is 9.10. The minimum Gasteiger partial charge on any atom is -0.505 e. The lowest BCUT2D eigenvalue weighted by molar-refractivity contribution is 0.407. The molecule has 0 radical (unpaired) electrons. The molecule has 0 aliphatic rings. The van der Waals surface area contributed by atoms with E-state index in [2.05, 4.69) is 20.9 Å². The molecule has 0 saturated heterocycles. The van der Waals surface area contributed by atoms with E-state index in [1.54, 1.807) is 18.2 Å². The largest absolute Gasteiger partial charge is 0.505 e. The Morgan fingerprint density at radius 1 is 1.11 bits per heavy atom. The Hall–Kier alpha value is -1.95. The molecular formula is C13H6BrF2NO2. The number of aromatic hydroxyl groups is 1. The number of benzene rings is 2. The summed E-state index contributed by atoms with van der Waals surface area (Å²) >= 11 is 3.28. The van der Waals surface area contributed by atoms with Gasteiger partial charge in [-0.15, -0.1) is 0 Å². The second kappa shape index (κ2) is 4.31. The van der Waals surface area contributed by atoms with Crippen molar-refractivity contribution in [3.05, 3.63) is 46.4 Å². The number of nitrogens with zero attached hydrogens (tertiary/aromatic N) is 1. The highest BCUT2D eigenvalue weighted by Gasteiger charge is 2.18. The fourth-order valence-electron chi connectivity index (χ4n) is 1.72. The first-order valence-electron chi connectivity index (χ1n) is 5.29. The summed E-state index contributed by atoms with van der Waals surface area (Å²) in [6.45, 7) is 0. The van der Waals surface area contributed by atoms with Crippen molar-refractivity contribution in [3.8, 4) is 17.2 Å². The molecule has 0 unspecified atom stereocenters. The summed E-state index contributed by atoms with van der Waals surface area (Å²) in [5.74, 6) is -3.30. The summed E-state index contributed by atoms with van der Waals surface area (Å²) in [5, 5.41) is 9.08. The van der Waals surface area contributed by atoms with Gasteiger partial charge in [-0.05, 0) is 30.3 Å². The van der Waals surface area contributed by atoms with Crippen molar-refractivity contribution in [2.75, 3.05) is 0 Å². The van der Waals surface area contributed by atoms with E-state index in [1.165, 1.54) is 6.07 Å². The number of aromatic nitrogens is 1. The van der Waals surface area contributed by atoms with Crippen LogP contribution < -0.4 is 0 Å². The van der Waals surface area contributed by atoms with Crippen molar-refractivity contribution in [3.63, 3.8) is 0 Å². The third-order valence-electron chi connectivity index (χ3n) is 2.64. The van der Waals surface area contributed by atoms with E-state index in [-0.39, 0.29) is 11.5 Å². The van der Waals surface area contributed by atoms with E-state index in [1.807, 2.05) is 0 Å². The summed E-state index contributed by atoms with van der Waals surface area (Å²) in [6.07, 6.45) is 0. The molecule has 3 rings (SSSR count). The van der Waals surface area contributed by atoms with Crippen LogP contribution in [0.5, 0.6) is 5.75 Å². The lowest BCUT2D eigenvalue weighted by Gasteiger charge is -2.00. The van der Waals surface area contributed by atoms with E-state index in [9.17, 15) is 8.78 Å². The van der Waals surface area contributed by atoms with E-state index >= 15 is 0 Å². The van der Waals surface area contributed by atoms with Crippen LogP contribution in [0, 0.1) is 11.6 Å². The second-order valence-electron chi connectivity index (χ2n) is 3.89. The third kappa shape index (κ3) is 1.98. The van der Waals surface area contributed by atoms with Gasteiger partial charge in [-0.2, -0.15) is 4.39 Å².